The maximum atomic E-state index is 11.8. The van der Waals surface area contributed by atoms with Crippen LogP contribution >= 0.6 is 15.9 Å². The van der Waals surface area contributed by atoms with Crippen molar-refractivity contribution >= 4 is 21.8 Å². The molecule has 0 spiro atoms. The fourth-order valence-corrected chi connectivity index (χ4v) is 1.87. The van der Waals surface area contributed by atoms with Crippen LogP contribution in [0.5, 0.6) is 0 Å². The van der Waals surface area contributed by atoms with E-state index in [0.29, 0.717) is 12.1 Å². The second-order valence-electron chi connectivity index (χ2n) is 3.73. The van der Waals surface area contributed by atoms with Gasteiger partial charge in [0.15, 0.2) is 0 Å². The lowest BCUT2D eigenvalue weighted by Crippen LogP contribution is -2.22. The molecule has 3 nitrogen and oxygen atoms in total. The van der Waals surface area contributed by atoms with Gasteiger partial charge in [-0.1, -0.05) is 28.1 Å². The zero-order chi connectivity index (χ0) is 12.1. The standard InChI is InChI=1S/C13H13BrN2O/c14-7-10-1-3-12(4-2-10)13(17)16-9-11-5-6-15-8-11/h1-6,8,15H,7,9H2,(H,16,17). The first kappa shape index (κ1) is 11.9. The molecule has 0 saturated carbocycles. The Morgan fingerprint density at radius 2 is 1.94 bits per heavy atom. The molecule has 0 saturated heterocycles. The Morgan fingerprint density at radius 1 is 1.18 bits per heavy atom. The number of amides is 1. The number of alkyl halides is 1. The highest BCUT2D eigenvalue weighted by atomic mass is 79.9. The first-order chi connectivity index (χ1) is 8.29. The molecule has 17 heavy (non-hydrogen) atoms. The number of aromatic amines is 1. The molecule has 2 N–H and O–H groups in total. The zero-order valence-electron chi connectivity index (χ0n) is 9.24. The van der Waals surface area contributed by atoms with Crippen LogP contribution in [0.15, 0.2) is 42.7 Å². The Labute approximate surface area is 108 Å². The Balaban J connectivity index is 1.95. The van der Waals surface area contributed by atoms with Gasteiger partial charge in [-0.15, -0.1) is 0 Å². The number of halogens is 1. The van der Waals surface area contributed by atoms with Gasteiger partial charge in [0.2, 0.25) is 0 Å². The van der Waals surface area contributed by atoms with Gasteiger partial charge in [-0.05, 0) is 29.3 Å². The predicted octanol–water partition coefficient (Wildman–Crippen LogP) is 2.84. The molecule has 0 atom stereocenters. The molecular weight excluding hydrogens is 280 g/mol. The summed E-state index contributed by atoms with van der Waals surface area (Å²) in [5, 5.41) is 3.67. The van der Waals surface area contributed by atoms with E-state index in [-0.39, 0.29) is 5.91 Å². The molecule has 0 bridgehead atoms. The van der Waals surface area contributed by atoms with Crippen molar-refractivity contribution in [1.29, 1.82) is 0 Å². The summed E-state index contributed by atoms with van der Waals surface area (Å²) < 4.78 is 0. The number of rotatable bonds is 4. The molecule has 4 heteroatoms. The molecule has 0 unspecified atom stereocenters. The number of benzene rings is 1. The first-order valence-electron chi connectivity index (χ1n) is 5.34. The van der Waals surface area contributed by atoms with Gasteiger partial charge < -0.3 is 10.3 Å². The Bertz CT molecular complexity index is 477. The van der Waals surface area contributed by atoms with Crippen LogP contribution in [-0.4, -0.2) is 10.9 Å². The highest BCUT2D eigenvalue weighted by molar-refractivity contribution is 9.08. The SMILES string of the molecule is O=C(NCc1cc[nH]c1)c1ccc(CBr)cc1. The van der Waals surface area contributed by atoms with Crippen molar-refractivity contribution in [3.05, 3.63) is 59.4 Å². The van der Waals surface area contributed by atoms with Crippen molar-refractivity contribution in [2.45, 2.75) is 11.9 Å². The number of hydrogen-bond donors (Lipinski definition) is 2. The average molecular weight is 293 g/mol. The minimum atomic E-state index is -0.0488. The molecule has 1 amide bonds. The Morgan fingerprint density at radius 3 is 2.53 bits per heavy atom. The number of carbonyl (C=O) groups is 1. The summed E-state index contributed by atoms with van der Waals surface area (Å²) in [5.41, 5.74) is 2.91. The molecule has 2 rings (SSSR count). The number of hydrogen-bond acceptors (Lipinski definition) is 1. The summed E-state index contributed by atoms with van der Waals surface area (Å²) in [6.07, 6.45) is 3.71. The summed E-state index contributed by atoms with van der Waals surface area (Å²) in [7, 11) is 0. The molecule has 0 aliphatic carbocycles. The highest BCUT2D eigenvalue weighted by Gasteiger charge is 2.04. The van der Waals surface area contributed by atoms with Gasteiger partial charge in [-0.25, -0.2) is 0 Å². The molecule has 88 valence electrons. The molecule has 1 heterocycles. The molecule has 2 aromatic rings. The largest absolute Gasteiger partial charge is 0.367 e. The van der Waals surface area contributed by atoms with Crippen molar-refractivity contribution in [1.82, 2.24) is 10.3 Å². The van der Waals surface area contributed by atoms with Crippen LogP contribution in [0.25, 0.3) is 0 Å². The van der Waals surface area contributed by atoms with Crippen LogP contribution in [0.4, 0.5) is 0 Å². The Hall–Kier alpha value is -1.55. The van der Waals surface area contributed by atoms with Crippen LogP contribution in [0, 0.1) is 0 Å². The van der Waals surface area contributed by atoms with Crippen LogP contribution in [0.1, 0.15) is 21.5 Å². The van der Waals surface area contributed by atoms with E-state index in [2.05, 4.69) is 26.2 Å². The monoisotopic (exact) mass is 292 g/mol. The molecule has 0 radical (unpaired) electrons. The molecule has 1 aromatic heterocycles. The van der Waals surface area contributed by atoms with Crippen molar-refractivity contribution < 1.29 is 4.79 Å². The fraction of sp³-hybridized carbons (Fsp3) is 0.154. The van der Waals surface area contributed by atoms with E-state index in [4.69, 9.17) is 0 Å². The second kappa shape index (κ2) is 5.68. The highest BCUT2D eigenvalue weighted by Crippen LogP contribution is 2.08. The van der Waals surface area contributed by atoms with E-state index >= 15 is 0 Å². The van der Waals surface area contributed by atoms with Gasteiger partial charge >= 0.3 is 0 Å². The molecular formula is C13H13BrN2O. The van der Waals surface area contributed by atoms with Gasteiger partial charge in [0.05, 0.1) is 0 Å². The normalized spacial score (nSPS) is 10.2. The second-order valence-corrected chi connectivity index (χ2v) is 4.29. The third-order valence-corrected chi connectivity index (χ3v) is 3.13. The minimum absolute atomic E-state index is 0.0488. The summed E-state index contributed by atoms with van der Waals surface area (Å²) >= 11 is 3.37. The summed E-state index contributed by atoms with van der Waals surface area (Å²) in [6.45, 7) is 0.544. The van der Waals surface area contributed by atoms with Crippen LogP contribution in [0.2, 0.25) is 0 Å². The number of H-pyrrole nitrogens is 1. The smallest absolute Gasteiger partial charge is 0.251 e. The van der Waals surface area contributed by atoms with E-state index in [1.54, 1.807) is 0 Å². The van der Waals surface area contributed by atoms with Crippen molar-refractivity contribution in [3.63, 3.8) is 0 Å². The molecule has 0 aliphatic heterocycles. The average Bonchev–Trinajstić information content (AvgIpc) is 2.89. The third kappa shape index (κ3) is 3.20. The van der Waals surface area contributed by atoms with Gasteiger partial charge in [0.1, 0.15) is 0 Å². The molecule has 0 fully saturated rings. The first-order valence-corrected chi connectivity index (χ1v) is 6.46. The summed E-state index contributed by atoms with van der Waals surface area (Å²) in [6, 6.07) is 9.50. The van der Waals surface area contributed by atoms with Gasteiger partial charge in [0, 0.05) is 29.8 Å². The van der Waals surface area contributed by atoms with Gasteiger partial charge in [-0.2, -0.15) is 0 Å². The maximum absolute atomic E-state index is 11.8. The number of nitrogens with one attached hydrogen (secondary N) is 2. The fourth-order valence-electron chi connectivity index (χ4n) is 1.50. The van der Waals surface area contributed by atoms with Crippen LogP contribution in [0.3, 0.4) is 0 Å². The van der Waals surface area contributed by atoms with Crippen molar-refractivity contribution in [2.75, 3.05) is 0 Å². The van der Waals surface area contributed by atoms with Gasteiger partial charge in [-0.3, -0.25) is 4.79 Å². The third-order valence-electron chi connectivity index (χ3n) is 2.49. The number of carbonyl (C=O) groups excluding carboxylic acids is 1. The van der Waals surface area contributed by atoms with E-state index in [9.17, 15) is 4.79 Å². The van der Waals surface area contributed by atoms with Crippen molar-refractivity contribution in [2.24, 2.45) is 0 Å². The van der Waals surface area contributed by atoms with E-state index in [1.807, 2.05) is 42.7 Å². The maximum Gasteiger partial charge on any atom is 0.251 e. The molecule has 1 aromatic carbocycles. The quantitative estimate of drug-likeness (QED) is 0.837. The Kier molecular flexibility index (Phi) is 3.98. The lowest BCUT2D eigenvalue weighted by Gasteiger charge is -2.04. The van der Waals surface area contributed by atoms with Crippen molar-refractivity contribution in [3.8, 4) is 0 Å². The van der Waals surface area contributed by atoms with E-state index in [1.165, 1.54) is 0 Å². The zero-order valence-corrected chi connectivity index (χ0v) is 10.8. The van der Waals surface area contributed by atoms with Crippen LogP contribution < -0.4 is 5.32 Å². The van der Waals surface area contributed by atoms with Gasteiger partial charge in [0.25, 0.3) is 5.91 Å². The van der Waals surface area contributed by atoms with E-state index < -0.39 is 0 Å². The molecule has 0 aliphatic rings. The number of aromatic nitrogens is 1. The van der Waals surface area contributed by atoms with E-state index in [0.717, 1.165) is 16.5 Å². The van der Waals surface area contributed by atoms with Crippen LogP contribution in [-0.2, 0) is 11.9 Å². The summed E-state index contributed by atoms with van der Waals surface area (Å²) in [5.74, 6) is -0.0488. The lowest BCUT2D eigenvalue weighted by molar-refractivity contribution is 0.0951. The lowest BCUT2D eigenvalue weighted by atomic mass is 10.1. The topological polar surface area (TPSA) is 44.9 Å². The minimum Gasteiger partial charge on any atom is -0.367 e. The summed E-state index contributed by atoms with van der Waals surface area (Å²) in [4.78, 5) is 14.8. The predicted molar refractivity (Wildman–Crippen MR) is 71.0 cm³/mol.